The largest absolute Gasteiger partial charge is 0.443 e. The molecule has 0 aromatic heterocycles. The smallest absolute Gasteiger partial charge is 0.418 e. The number of nitrogen functional groups attached to an aromatic ring is 1. The second-order valence-corrected chi connectivity index (χ2v) is 6.73. The molecule has 0 saturated heterocycles. The second-order valence-electron chi connectivity index (χ2n) is 6.73. The van der Waals surface area contributed by atoms with Crippen LogP contribution in [-0.2, 0) is 17.3 Å². The summed E-state index contributed by atoms with van der Waals surface area (Å²) in [6.45, 7) is 7.38. The van der Waals surface area contributed by atoms with Gasteiger partial charge in [-0.05, 0) is 37.5 Å². The summed E-state index contributed by atoms with van der Waals surface area (Å²) in [4.78, 5) is 10.9. The van der Waals surface area contributed by atoms with E-state index >= 15 is 0 Å². The maximum absolute atomic E-state index is 13.2. The molecule has 0 spiro atoms. The van der Waals surface area contributed by atoms with Gasteiger partial charge in [-0.1, -0.05) is 13.8 Å². The van der Waals surface area contributed by atoms with E-state index in [9.17, 15) is 18.0 Å². The molecule has 24 heavy (non-hydrogen) atoms. The third kappa shape index (κ3) is 5.82. The zero-order chi connectivity index (χ0) is 18.7. The number of hydrogen-bond donors (Lipinski definition) is 3. The first-order valence-electron chi connectivity index (χ1n) is 7.53. The fourth-order valence-electron chi connectivity index (χ4n) is 2.28. The van der Waals surface area contributed by atoms with Crippen molar-refractivity contribution in [2.75, 3.05) is 17.6 Å². The van der Waals surface area contributed by atoms with Crippen molar-refractivity contribution in [1.29, 1.82) is 0 Å². The number of hydrogen-bond acceptors (Lipinski definition) is 4. The molecular weight excluding hydrogens is 323 g/mol. The first-order chi connectivity index (χ1) is 10.8. The van der Waals surface area contributed by atoms with E-state index in [4.69, 9.17) is 16.2 Å². The summed E-state index contributed by atoms with van der Waals surface area (Å²) >= 11 is 0. The summed E-state index contributed by atoms with van der Waals surface area (Å²) in [6, 6.07) is 2.25. The van der Waals surface area contributed by atoms with Gasteiger partial charge in [-0.3, -0.25) is 0 Å². The lowest BCUT2D eigenvalue weighted by atomic mass is 9.95. The Morgan fingerprint density at radius 3 is 2.33 bits per heavy atom. The summed E-state index contributed by atoms with van der Waals surface area (Å²) < 4.78 is 44.6. The van der Waals surface area contributed by atoms with Crippen molar-refractivity contribution < 1.29 is 22.7 Å². The van der Waals surface area contributed by atoms with E-state index < -0.39 is 23.4 Å². The van der Waals surface area contributed by atoms with E-state index in [2.05, 4.69) is 5.32 Å². The number of nitrogens with two attached hydrogens (primary N) is 2. The molecule has 0 fully saturated rings. The van der Waals surface area contributed by atoms with Crippen LogP contribution in [0.4, 0.5) is 29.3 Å². The zero-order valence-electron chi connectivity index (χ0n) is 14.3. The fourth-order valence-corrected chi connectivity index (χ4v) is 2.28. The van der Waals surface area contributed by atoms with Gasteiger partial charge in [0.05, 0.1) is 5.56 Å². The molecule has 5 N–H and O–H groups in total. The van der Waals surface area contributed by atoms with Crippen molar-refractivity contribution in [3.63, 3.8) is 0 Å². The number of carbonyl (C=O) groups excluding carboxylic acids is 1. The Labute approximate surface area is 139 Å². The first kappa shape index (κ1) is 19.9. The number of anilines is 2. The molecule has 1 amide bonds. The van der Waals surface area contributed by atoms with E-state index in [0.29, 0.717) is 12.1 Å². The molecule has 0 atom stereocenters. The predicted octanol–water partition coefficient (Wildman–Crippen LogP) is 3.77. The number of nitrogens with one attached hydrogen (secondary N) is 1. The average molecular weight is 347 g/mol. The monoisotopic (exact) mass is 347 g/mol. The molecule has 136 valence electrons. The van der Waals surface area contributed by atoms with Gasteiger partial charge in [-0.15, -0.1) is 0 Å². The van der Waals surface area contributed by atoms with Crippen LogP contribution < -0.4 is 16.8 Å². The highest BCUT2D eigenvalue weighted by molar-refractivity contribution is 5.66. The van der Waals surface area contributed by atoms with Crippen LogP contribution in [0.5, 0.6) is 0 Å². The van der Waals surface area contributed by atoms with Crippen LogP contribution in [-0.4, -0.2) is 18.2 Å². The van der Waals surface area contributed by atoms with Crippen molar-refractivity contribution in [2.45, 2.75) is 45.9 Å². The van der Waals surface area contributed by atoms with Gasteiger partial charge in [0.2, 0.25) is 0 Å². The van der Waals surface area contributed by atoms with Crippen LogP contribution in [0.3, 0.4) is 0 Å². The first-order valence-corrected chi connectivity index (χ1v) is 7.53. The maximum atomic E-state index is 13.2. The molecule has 0 radical (unpaired) electrons. The highest BCUT2D eigenvalue weighted by Gasteiger charge is 2.35. The topological polar surface area (TPSA) is 90.4 Å². The summed E-state index contributed by atoms with van der Waals surface area (Å²) in [6.07, 6.45) is -5.34. The van der Waals surface area contributed by atoms with Crippen molar-refractivity contribution >= 4 is 17.5 Å². The van der Waals surface area contributed by atoms with Crippen LogP contribution in [0.2, 0.25) is 0 Å². The van der Waals surface area contributed by atoms with E-state index in [1.54, 1.807) is 13.8 Å². The van der Waals surface area contributed by atoms with Gasteiger partial charge < -0.3 is 21.5 Å². The third-order valence-electron chi connectivity index (χ3n) is 3.28. The van der Waals surface area contributed by atoms with E-state index in [-0.39, 0.29) is 23.7 Å². The number of rotatable bonds is 6. The van der Waals surface area contributed by atoms with E-state index in [1.165, 1.54) is 6.07 Å². The minimum atomic E-state index is -4.52. The Kier molecular flexibility index (Phi) is 5.97. The summed E-state index contributed by atoms with van der Waals surface area (Å²) in [5.41, 5.74) is 9.36. The molecule has 1 aromatic rings. The number of benzene rings is 1. The molecule has 1 aromatic carbocycles. The predicted molar refractivity (Wildman–Crippen MR) is 87.6 cm³/mol. The number of amides is 1. The molecule has 0 heterocycles. The molecule has 0 aliphatic rings. The van der Waals surface area contributed by atoms with Crippen LogP contribution in [0.15, 0.2) is 12.1 Å². The lowest BCUT2D eigenvalue weighted by Crippen LogP contribution is -2.33. The normalized spacial score (nSPS) is 12.3. The van der Waals surface area contributed by atoms with Gasteiger partial charge in [-0.25, -0.2) is 4.79 Å². The molecular formula is C16H24F3N3O2. The Morgan fingerprint density at radius 2 is 1.88 bits per heavy atom. The van der Waals surface area contributed by atoms with Crippen molar-refractivity contribution in [3.8, 4) is 0 Å². The van der Waals surface area contributed by atoms with Gasteiger partial charge >= 0.3 is 12.3 Å². The Balaban J connectivity index is 3.23. The number of alkyl halides is 3. The van der Waals surface area contributed by atoms with Crippen LogP contribution >= 0.6 is 0 Å². The molecule has 0 aliphatic heterocycles. The lowest BCUT2D eigenvalue weighted by molar-refractivity contribution is -0.136. The molecule has 0 aliphatic carbocycles. The van der Waals surface area contributed by atoms with Gasteiger partial charge in [-0.2, -0.15) is 13.2 Å². The molecule has 0 bridgehead atoms. The van der Waals surface area contributed by atoms with Crippen LogP contribution in [0, 0.1) is 5.92 Å². The zero-order valence-corrected chi connectivity index (χ0v) is 14.3. The minimum Gasteiger partial charge on any atom is -0.443 e. The Morgan fingerprint density at radius 1 is 1.29 bits per heavy atom. The second kappa shape index (κ2) is 7.19. The van der Waals surface area contributed by atoms with E-state index in [1.807, 2.05) is 13.8 Å². The molecule has 8 heteroatoms. The summed E-state index contributed by atoms with van der Waals surface area (Å²) in [5, 5.41) is 2.81. The Hall–Kier alpha value is -2.12. The quantitative estimate of drug-likeness (QED) is 0.683. The van der Waals surface area contributed by atoms with Gasteiger partial charge in [0.25, 0.3) is 0 Å². The molecule has 5 nitrogen and oxygen atoms in total. The average Bonchev–Trinajstić information content (AvgIpc) is 2.35. The van der Waals surface area contributed by atoms with Gasteiger partial charge in [0, 0.05) is 24.3 Å². The van der Waals surface area contributed by atoms with Gasteiger partial charge in [0.1, 0.15) is 5.60 Å². The van der Waals surface area contributed by atoms with Gasteiger partial charge in [0.15, 0.2) is 0 Å². The van der Waals surface area contributed by atoms with Crippen molar-refractivity contribution in [3.05, 3.63) is 23.3 Å². The Bertz CT molecular complexity index is 599. The van der Waals surface area contributed by atoms with E-state index in [0.717, 1.165) is 6.07 Å². The maximum Gasteiger partial charge on any atom is 0.418 e. The molecule has 0 unspecified atom stereocenters. The highest BCUT2D eigenvalue weighted by atomic mass is 19.4. The number of primary amides is 1. The van der Waals surface area contributed by atoms with Crippen LogP contribution in [0.1, 0.15) is 38.8 Å². The van der Waals surface area contributed by atoms with Crippen LogP contribution in [0.25, 0.3) is 0 Å². The number of halogens is 3. The third-order valence-corrected chi connectivity index (χ3v) is 3.28. The lowest BCUT2D eigenvalue weighted by Gasteiger charge is -2.26. The number of ether oxygens (including phenoxy) is 1. The summed E-state index contributed by atoms with van der Waals surface area (Å²) in [5.74, 6) is 0.168. The number of carbonyl (C=O) groups is 1. The molecule has 1 rings (SSSR count). The van der Waals surface area contributed by atoms with Crippen molar-refractivity contribution in [1.82, 2.24) is 0 Å². The minimum absolute atomic E-state index is 0.0152. The fraction of sp³-hybridized carbons (Fsp3) is 0.562. The van der Waals surface area contributed by atoms with Crippen molar-refractivity contribution in [2.24, 2.45) is 11.7 Å². The SMILES string of the molecule is CC(C)CNc1cc(CC(C)(C)OC(N)=O)c(N)cc1C(F)(F)F. The molecule has 0 saturated carbocycles. The summed E-state index contributed by atoms with van der Waals surface area (Å²) in [7, 11) is 0. The highest BCUT2D eigenvalue weighted by Crippen LogP contribution is 2.38. The standard InChI is InChI=1S/C16H24F3N3O2/c1-9(2)8-22-13-5-10(7-15(3,4)24-14(21)23)12(20)6-11(13)16(17,18)19/h5-6,9,22H,7-8,20H2,1-4H3,(H2,21,23).